The standard InChI is InChI=1S/C25H31ClFN3O4S/c1-18(25(32)28-21-9-4-3-5-10-21)29(16-19-8-6-7-11-23(19)27)24(31)17-30(35(2,33)34)22-14-12-20(26)13-15-22/h6-8,11-15,18,21H,3-5,9-10,16-17H2,1-2H3,(H,28,32)/t18-/m1/s1. The van der Waals surface area contributed by atoms with E-state index >= 15 is 0 Å². The number of halogens is 2. The molecule has 1 aliphatic rings. The van der Waals surface area contributed by atoms with E-state index in [0.717, 1.165) is 42.7 Å². The Balaban J connectivity index is 1.87. The summed E-state index contributed by atoms with van der Waals surface area (Å²) in [5, 5.41) is 3.42. The smallest absolute Gasteiger partial charge is 0.244 e. The number of hydrogen-bond donors (Lipinski definition) is 1. The fourth-order valence-electron chi connectivity index (χ4n) is 4.18. The van der Waals surface area contributed by atoms with Crippen molar-refractivity contribution in [1.29, 1.82) is 0 Å². The second-order valence-corrected chi connectivity index (χ2v) is 11.2. The molecule has 1 fully saturated rings. The first-order valence-corrected chi connectivity index (χ1v) is 13.9. The minimum absolute atomic E-state index is 0.0331. The average molecular weight is 524 g/mol. The zero-order valence-electron chi connectivity index (χ0n) is 19.9. The fraction of sp³-hybridized carbons (Fsp3) is 0.440. The van der Waals surface area contributed by atoms with Gasteiger partial charge in [0.05, 0.1) is 11.9 Å². The number of anilines is 1. The molecule has 0 saturated heterocycles. The summed E-state index contributed by atoms with van der Waals surface area (Å²) in [5.41, 5.74) is 0.492. The average Bonchev–Trinajstić information content (AvgIpc) is 2.82. The number of nitrogens with one attached hydrogen (secondary N) is 1. The molecule has 0 unspecified atom stereocenters. The lowest BCUT2D eigenvalue weighted by Crippen LogP contribution is -2.53. The van der Waals surface area contributed by atoms with Crippen molar-refractivity contribution >= 4 is 39.1 Å². The first-order valence-electron chi connectivity index (χ1n) is 11.6. The molecule has 10 heteroatoms. The number of carbonyl (C=O) groups is 2. The van der Waals surface area contributed by atoms with Crippen LogP contribution in [0.4, 0.5) is 10.1 Å². The van der Waals surface area contributed by atoms with Gasteiger partial charge in [0.15, 0.2) is 0 Å². The lowest BCUT2D eigenvalue weighted by molar-refractivity contribution is -0.139. The lowest BCUT2D eigenvalue weighted by atomic mass is 9.95. The van der Waals surface area contributed by atoms with E-state index < -0.39 is 34.3 Å². The van der Waals surface area contributed by atoms with E-state index in [1.807, 2.05) is 0 Å². The number of carbonyl (C=O) groups excluding carboxylic acids is 2. The monoisotopic (exact) mass is 523 g/mol. The van der Waals surface area contributed by atoms with E-state index in [1.54, 1.807) is 13.0 Å². The maximum Gasteiger partial charge on any atom is 0.244 e. The zero-order valence-corrected chi connectivity index (χ0v) is 21.5. The van der Waals surface area contributed by atoms with Crippen LogP contribution >= 0.6 is 11.6 Å². The minimum Gasteiger partial charge on any atom is -0.352 e. The Kier molecular flexibility index (Phi) is 9.13. The molecule has 7 nitrogen and oxygen atoms in total. The van der Waals surface area contributed by atoms with Gasteiger partial charge in [-0.1, -0.05) is 49.1 Å². The summed E-state index contributed by atoms with van der Waals surface area (Å²) in [6, 6.07) is 11.1. The van der Waals surface area contributed by atoms with E-state index in [0.29, 0.717) is 5.02 Å². The maximum atomic E-state index is 14.4. The van der Waals surface area contributed by atoms with Gasteiger partial charge < -0.3 is 10.2 Å². The van der Waals surface area contributed by atoms with Gasteiger partial charge in [-0.05, 0) is 50.1 Å². The van der Waals surface area contributed by atoms with Gasteiger partial charge in [-0.15, -0.1) is 0 Å². The summed E-state index contributed by atoms with van der Waals surface area (Å²) in [6.07, 6.45) is 5.93. The van der Waals surface area contributed by atoms with Gasteiger partial charge in [-0.25, -0.2) is 12.8 Å². The molecule has 35 heavy (non-hydrogen) atoms. The van der Waals surface area contributed by atoms with Crippen LogP contribution in [0.2, 0.25) is 5.02 Å². The maximum absolute atomic E-state index is 14.4. The Labute approximate surface area is 211 Å². The van der Waals surface area contributed by atoms with E-state index in [2.05, 4.69) is 5.32 Å². The number of rotatable bonds is 9. The van der Waals surface area contributed by atoms with Crippen LogP contribution in [0.25, 0.3) is 0 Å². The van der Waals surface area contributed by atoms with E-state index in [-0.39, 0.29) is 29.7 Å². The van der Waals surface area contributed by atoms with E-state index in [9.17, 15) is 22.4 Å². The molecular weight excluding hydrogens is 493 g/mol. The molecule has 2 aromatic rings. The summed E-state index contributed by atoms with van der Waals surface area (Å²) in [6.45, 7) is 0.850. The van der Waals surface area contributed by atoms with Crippen molar-refractivity contribution in [1.82, 2.24) is 10.2 Å². The number of sulfonamides is 1. The summed E-state index contributed by atoms with van der Waals surface area (Å²) in [4.78, 5) is 27.8. The number of amides is 2. The van der Waals surface area contributed by atoms with Crippen molar-refractivity contribution in [3.63, 3.8) is 0 Å². The van der Waals surface area contributed by atoms with Gasteiger partial charge in [0, 0.05) is 23.2 Å². The van der Waals surface area contributed by atoms with Gasteiger partial charge >= 0.3 is 0 Å². The predicted molar refractivity (Wildman–Crippen MR) is 135 cm³/mol. The van der Waals surface area contributed by atoms with Crippen LogP contribution in [0.1, 0.15) is 44.6 Å². The third kappa shape index (κ3) is 7.41. The molecule has 0 bridgehead atoms. The summed E-state index contributed by atoms with van der Waals surface area (Å²) < 4.78 is 40.5. The molecule has 1 aliphatic carbocycles. The molecule has 0 radical (unpaired) electrons. The minimum atomic E-state index is -3.84. The number of benzene rings is 2. The van der Waals surface area contributed by atoms with Gasteiger partial charge in [0.25, 0.3) is 0 Å². The lowest BCUT2D eigenvalue weighted by Gasteiger charge is -2.33. The van der Waals surface area contributed by atoms with Crippen LogP contribution < -0.4 is 9.62 Å². The Bertz CT molecular complexity index is 1140. The largest absolute Gasteiger partial charge is 0.352 e. The Morgan fingerprint density at radius 1 is 1.09 bits per heavy atom. The first kappa shape index (κ1) is 26.9. The highest BCUT2D eigenvalue weighted by Gasteiger charge is 2.31. The molecule has 0 heterocycles. The van der Waals surface area contributed by atoms with Crippen molar-refractivity contribution in [2.75, 3.05) is 17.1 Å². The van der Waals surface area contributed by atoms with Crippen molar-refractivity contribution in [3.05, 3.63) is 64.9 Å². The molecule has 2 amide bonds. The molecule has 0 aliphatic heterocycles. The molecule has 3 rings (SSSR count). The SMILES string of the molecule is C[C@H](C(=O)NC1CCCCC1)N(Cc1ccccc1F)C(=O)CN(c1ccc(Cl)cc1)S(C)(=O)=O. The van der Waals surface area contributed by atoms with Crippen LogP contribution in [0, 0.1) is 5.82 Å². The van der Waals surface area contributed by atoms with Crippen LogP contribution in [0.5, 0.6) is 0 Å². The molecule has 1 atom stereocenters. The van der Waals surface area contributed by atoms with E-state index in [4.69, 9.17) is 11.6 Å². The topological polar surface area (TPSA) is 86.8 Å². The summed E-state index contributed by atoms with van der Waals surface area (Å²) >= 11 is 5.93. The van der Waals surface area contributed by atoms with Gasteiger partial charge in [-0.2, -0.15) is 0 Å². The second kappa shape index (κ2) is 11.9. The van der Waals surface area contributed by atoms with Crippen molar-refractivity contribution in [2.45, 2.75) is 57.7 Å². The molecule has 0 aromatic heterocycles. The summed E-state index contributed by atoms with van der Waals surface area (Å²) in [5.74, 6) is -1.48. The molecule has 1 saturated carbocycles. The van der Waals surface area contributed by atoms with Crippen LogP contribution in [-0.2, 0) is 26.2 Å². The number of hydrogen-bond acceptors (Lipinski definition) is 4. The highest BCUT2D eigenvalue weighted by Crippen LogP contribution is 2.22. The quantitative estimate of drug-likeness (QED) is 0.536. The third-order valence-corrected chi connectivity index (χ3v) is 7.60. The second-order valence-electron chi connectivity index (χ2n) is 8.88. The van der Waals surface area contributed by atoms with Crippen molar-refractivity contribution < 1.29 is 22.4 Å². The highest BCUT2D eigenvalue weighted by atomic mass is 35.5. The Morgan fingerprint density at radius 2 is 1.71 bits per heavy atom. The molecule has 2 aromatic carbocycles. The third-order valence-electron chi connectivity index (χ3n) is 6.21. The molecular formula is C25H31ClFN3O4S. The highest BCUT2D eigenvalue weighted by molar-refractivity contribution is 7.92. The Morgan fingerprint density at radius 3 is 2.31 bits per heavy atom. The van der Waals surface area contributed by atoms with Gasteiger partial charge in [-0.3, -0.25) is 13.9 Å². The molecule has 0 spiro atoms. The van der Waals surface area contributed by atoms with Gasteiger partial charge in [0.2, 0.25) is 21.8 Å². The normalized spacial score (nSPS) is 15.3. The van der Waals surface area contributed by atoms with Gasteiger partial charge in [0.1, 0.15) is 18.4 Å². The van der Waals surface area contributed by atoms with Crippen molar-refractivity contribution in [3.8, 4) is 0 Å². The summed E-state index contributed by atoms with van der Waals surface area (Å²) in [7, 11) is -3.84. The zero-order chi connectivity index (χ0) is 25.6. The Hall–Kier alpha value is -2.65. The fourth-order valence-corrected chi connectivity index (χ4v) is 5.16. The first-order chi connectivity index (χ1) is 16.6. The van der Waals surface area contributed by atoms with E-state index in [1.165, 1.54) is 47.4 Å². The van der Waals surface area contributed by atoms with Crippen LogP contribution in [0.3, 0.4) is 0 Å². The molecule has 190 valence electrons. The molecule has 1 N–H and O–H groups in total. The van der Waals surface area contributed by atoms with Crippen LogP contribution in [-0.4, -0.2) is 50.0 Å². The predicted octanol–water partition coefficient (Wildman–Crippen LogP) is 4.11. The van der Waals surface area contributed by atoms with Crippen LogP contribution in [0.15, 0.2) is 48.5 Å². The van der Waals surface area contributed by atoms with Crippen molar-refractivity contribution in [2.24, 2.45) is 0 Å². The number of nitrogens with zero attached hydrogens (tertiary/aromatic N) is 2.